The van der Waals surface area contributed by atoms with Crippen LogP contribution in [0.25, 0.3) is 10.9 Å². The molecule has 0 aliphatic rings. The van der Waals surface area contributed by atoms with Gasteiger partial charge in [-0.2, -0.15) is 0 Å². The number of aromatic amines is 1. The first-order chi connectivity index (χ1) is 16.4. The van der Waals surface area contributed by atoms with Gasteiger partial charge < -0.3 is 15.0 Å². The highest BCUT2D eigenvalue weighted by molar-refractivity contribution is 7.89. The number of amides is 1. The largest absolute Gasteiger partial charge is 0.497 e. The number of carbonyl (C=O) groups is 1. The Labute approximate surface area is 199 Å². The Morgan fingerprint density at radius 1 is 1.00 bits per heavy atom. The Bertz CT molecular complexity index is 1380. The second-order valence-electron chi connectivity index (χ2n) is 7.85. The smallest absolute Gasteiger partial charge is 0.251 e. The van der Waals surface area contributed by atoms with Crippen molar-refractivity contribution in [2.75, 3.05) is 20.2 Å². The van der Waals surface area contributed by atoms with Crippen LogP contribution in [0.5, 0.6) is 5.75 Å². The molecule has 7 nitrogen and oxygen atoms in total. The van der Waals surface area contributed by atoms with Crippen molar-refractivity contribution in [1.82, 2.24) is 15.0 Å². The minimum absolute atomic E-state index is 0.0978. The normalized spacial score (nSPS) is 12.4. The number of ether oxygens (including phenoxy) is 1. The molecule has 0 bridgehead atoms. The van der Waals surface area contributed by atoms with E-state index in [1.54, 1.807) is 14.0 Å². The number of hydrogen-bond donors (Lipinski definition) is 3. The van der Waals surface area contributed by atoms with Gasteiger partial charge in [0.1, 0.15) is 5.75 Å². The molecule has 1 aromatic heterocycles. The van der Waals surface area contributed by atoms with Crippen LogP contribution < -0.4 is 14.8 Å². The van der Waals surface area contributed by atoms with Gasteiger partial charge in [0.25, 0.3) is 5.91 Å². The molecule has 1 atom stereocenters. The van der Waals surface area contributed by atoms with Crippen LogP contribution in [0, 0.1) is 0 Å². The highest BCUT2D eigenvalue weighted by Crippen LogP contribution is 2.31. The van der Waals surface area contributed by atoms with Crippen LogP contribution in [0.2, 0.25) is 0 Å². The molecular weight excluding hydrogens is 450 g/mol. The fourth-order valence-corrected chi connectivity index (χ4v) is 5.02. The van der Waals surface area contributed by atoms with Crippen molar-refractivity contribution in [3.8, 4) is 5.75 Å². The SMILES string of the molecule is CCNS(=O)(=O)c1ccc(C(=O)NCC(c2ccc(OC)cc2)c2c[nH]c3ccccc23)cc1. The van der Waals surface area contributed by atoms with Crippen LogP contribution >= 0.6 is 0 Å². The number of benzene rings is 3. The predicted molar refractivity (Wildman–Crippen MR) is 133 cm³/mol. The Morgan fingerprint density at radius 3 is 2.38 bits per heavy atom. The number of hydrogen-bond acceptors (Lipinski definition) is 4. The van der Waals surface area contributed by atoms with Crippen LogP contribution in [-0.2, 0) is 10.0 Å². The van der Waals surface area contributed by atoms with E-state index in [1.807, 2.05) is 48.7 Å². The molecule has 1 amide bonds. The van der Waals surface area contributed by atoms with Crippen LogP contribution in [0.1, 0.15) is 34.3 Å². The van der Waals surface area contributed by atoms with E-state index in [9.17, 15) is 13.2 Å². The van der Waals surface area contributed by atoms with Gasteiger partial charge in [0.05, 0.1) is 12.0 Å². The Hall–Kier alpha value is -3.62. The van der Waals surface area contributed by atoms with Crippen LogP contribution in [0.15, 0.2) is 83.9 Å². The van der Waals surface area contributed by atoms with E-state index < -0.39 is 10.0 Å². The van der Waals surface area contributed by atoms with Gasteiger partial charge in [0, 0.05) is 41.7 Å². The quantitative estimate of drug-likeness (QED) is 0.339. The average molecular weight is 478 g/mol. The molecule has 3 aromatic carbocycles. The third-order valence-corrected chi connectivity index (χ3v) is 7.30. The molecule has 0 fully saturated rings. The van der Waals surface area contributed by atoms with Crippen LogP contribution in [0.4, 0.5) is 0 Å². The lowest BCUT2D eigenvalue weighted by molar-refractivity contribution is 0.0952. The number of fused-ring (bicyclic) bond motifs is 1. The molecule has 1 unspecified atom stereocenters. The molecule has 0 radical (unpaired) electrons. The molecule has 3 N–H and O–H groups in total. The van der Waals surface area contributed by atoms with Crippen molar-refractivity contribution in [1.29, 1.82) is 0 Å². The molecule has 0 saturated carbocycles. The monoisotopic (exact) mass is 477 g/mol. The zero-order valence-corrected chi connectivity index (χ0v) is 19.9. The van der Waals surface area contributed by atoms with Gasteiger partial charge in [-0.25, -0.2) is 13.1 Å². The maximum atomic E-state index is 12.9. The zero-order chi connectivity index (χ0) is 24.1. The zero-order valence-electron chi connectivity index (χ0n) is 19.0. The highest BCUT2D eigenvalue weighted by atomic mass is 32.2. The third kappa shape index (κ3) is 4.98. The van der Waals surface area contributed by atoms with Crippen molar-refractivity contribution in [2.24, 2.45) is 0 Å². The summed E-state index contributed by atoms with van der Waals surface area (Å²) in [5, 5.41) is 4.11. The standard InChI is InChI=1S/C26H27N3O4S/c1-3-29-34(31,32)21-14-10-19(11-15-21)26(30)28-16-23(18-8-12-20(33-2)13-9-18)24-17-27-25-7-5-4-6-22(24)25/h4-15,17,23,27,29H,3,16H2,1-2H3,(H,28,30). The Morgan fingerprint density at radius 2 is 1.71 bits per heavy atom. The molecule has 34 heavy (non-hydrogen) atoms. The fourth-order valence-electron chi connectivity index (χ4n) is 3.98. The number of carbonyl (C=O) groups excluding carboxylic acids is 1. The van der Waals surface area contributed by atoms with Gasteiger partial charge in [0.2, 0.25) is 10.0 Å². The molecule has 0 spiro atoms. The minimum Gasteiger partial charge on any atom is -0.497 e. The van der Waals surface area contributed by atoms with Crippen molar-refractivity contribution in [3.63, 3.8) is 0 Å². The van der Waals surface area contributed by atoms with Gasteiger partial charge in [-0.05, 0) is 53.6 Å². The number of methoxy groups -OCH3 is 1. The van der Waals surface area contributed by atoms with Gasteiger partial charge in [-0.1, -0.05) is 37.3 Å². The van der Waals surface area contributed by atoms with E-state index in [2.05, 4.69) is 21.1 Å². The molecule has 176 valence electrons. The summed E-state index contributed by atoms with van der Waals surface area (Å²) in [4.78, 5) is 16.3. The number of H-pyrrole nitrogens is 1. The minimum atomic E-state index is -3.57. The van der Waals surface area contributed by atoms with Gasteiger partial charge in [0.15, 0.2) is 0 Å². The molecule has 1 heterocycles. The lowest BCUT2D eigenvalue weighted by Crippen LogP contribution is -2.29. The fraction of sp³-hybridized carbons (Fsp3) is 0.192. The van der Waals surface area contributed by atoms with E-state index in [0.29, 0.717) is 18.7 Å². The molecule has 4 aromatic rings. The second-order valence-corrected chi connectivity index (χ2v) is 9.62. The summed E-state index contributed by atoms with van der Waals surface area (Å²) in [6.45, 7) is 2.38. The summed E-state index contributed by atoms with van der Waals surface area (Å²) >= 11 is 0. The summed E-state index contributed by atoms with van der Waals surface area (Å²) < 4.78 is 32.0. The Kier molecular flexibility index (Phi) is 7.00. The maximum absolute atomic E-state index is 12.9. The number of aromatic nitrogens is 1. The summed E-state index contributed by atoms with van der Waals surface area (Å²) in [6.07, 6.45) is 1.98. The number of para-hydroxylation sites is 1. The lowest BCUT2D eigenvalue weighted by atomic mass is 9.90. The van der Waals surface area contributed by atoms with Crippen molar-refractivity contribution >= 4 is 26.8 Å². The van der Waals surface area contributed by atoms with E-state index in [4.69, 9.17) is 4.74 Å². The number of sulfonamides is 1. The Balaban J connectivity index is 1.58. The number of rotatable bonds is 9. The van der Waals surface area contributed by atoms with E-state index in [-0.39, 0.29) is 16.7 Å². The lowest BCUT2D eigenvalue weighted by Gasteiger charge is -2.19. The molecule has 4 rings (SSSR count). The van der Waals surface area contributed by atoms with Crippen molar-refractivity contribution in [2.45, 2.75) is 17.7 Å². The van der Waals surface area contributed by atoms with Gasteiger partial charge in [-0.15, -0.1) is 0 Å². The van der Waals surface area contributed by atoms with E-state index in [1.165, 1.54) is 24.3 Å². The van der Waals surface area contributed by atoms with Crippen LogP contribution in [0.3, 0.4) is 0 Å². The summed E-state index contributed by atoms with van der Waals surface area (Å²) in [5.41, 5.74) is 3.54. The predicted octanol–water partition coefficient (Wildman–Crippen LogP) is 4.04. The summed E-state index contributed by atoms with van der Waals surface area (Å²) in [7, 11) is -1.94. The second kappa shape index (κ2) is 10.1. The topological polar surface area (TPSA) is 100 Å². The molecule has 0 aliphatic carbocycles. The van der Waals surface area contributed by atoms with Gasteiger partial charge >= 0.3 is 0 Å². The van der Waals surface area contributed by atoms with Crippen LogP contribution in [-0.4, -0.2) is 39.5 Å². The first kappa shape index (κ1) is 23.5. The highest BCUT2D eigenvalue weighted by Gasteiger charge is 2.20. The average Bonchev–Trinajstić information content (AvgIpc) is 3.28. The van der Waals surface area contributed by atoms with Crippen molar-refractivity contribution in [3.05, 3.63) is 95.7 Å². The molecular formula is C26H27N3O4S. The first-order valence-corrected chi connectivity index (χ1v) is 12.5. The molecule has 0 saturated heterocycles. The van der Waals surface area contributed by atoms with E-state index in [0.717, 1.165) is 27.8 Å². The first-order valence-electron chi connectivity index (χ1n) is 11.0. The summed E-state index contributed by atoms with van der Waals surface area (Å²) in [6, 6.07) is 21.8. The summed E-state index contributed by atoms with van der Waals surface area (Å²) in [5.74, 6) is 0.392. The third-order valence-electron chi connectivity index (χ3n) is 5.74. The van der Waals surface area contributed by atoms with Crippen molar-refractivity contribution < 1.29 is 17.9 Å². The van der Waals surface area contributed by atoms with E-state index >= 15 is 0 Å². The maximum Gasteiger partial charge on any atom is 0.251 e. The molecule has 0 aliphatic heterocycles. The molecule has 8 heteroatoms. The number of nitrogens with one attached hydrogen (secondary N) is 3. The van der Waals surface area contributed by atoms with Gasteiger partial charge in [-0.3, -0.25) is 4.79 Å².